The number of rotatable bonds is 3. The van der Waals surface area contributed by atoms with Gasteiger partial charge in [-0.25, -0.2) is 4.79 Å². The number of aromatic nitrogens is 1. The van der Waals surface area contributed by atoms with Crippen LogP contribution < -0.4 is 0 Å². The van der Waals surface area contributed by atoms with Crippen LogP contribution in [0.4, 0.5) is 0 Å². The SMILES string of the molecule is CCc1cc(C(=O)O)c(CC)n1C. The Balaban J connectivity index is 3.27. The van der Waals surface area contributed by atoms with Crippen molar-refractivity contribution in [3.05, 3.63) is 23.0 Å². The monoisotopic (exact) mass is 181 g/mol. The van der Waals surface area contributed by atoms with E-state index in [1.54, 1.807) is 6.07 Å². The lowest BCUT2D eigenvalue weighted by Gasteiger charge is -2.03. The summed E-state index contributed by atoms with van der Waals surface area (Å²) in [6.07, 6.45) is 1.63. The van der Waals surface area contributed by atoms with Crippen molar-refractivity contribution in [2.45, 2.75) is 26.7 Å². The molecule has 13 heavy (non-hydrogen) atoms. The minimum Gasteiger partial charge on any atom is -0.478 e. The van der Waals surface area contributed by atoms with E-state index in [1.165, 1.54) is 0 Å². The second-order valence-corrected chi connectivity index (χ2v) is 3.07. The summed E-state index contributed by atoms with van der Waals surface area (Å²) >= 11 is 0. The summed E-state index contributed by atoms with van der Waals surface area (Å²) in [7, 11) is 1.92. The van der Waals surface area contributed by atoms with Crippen LogP contribution in [0.15, 0.2) is 6.07 Å². The van der Waals surface area contributed by atoms with E-state index in [0.717, 1.165) is 24.2 Å². The van der Waals surface area contributed by atoms with Gasteiger partial charge in [-0.3, -0.25) is 0 Å². The predicted molar refractivity (Wildman–Crippen MR) is 51.1 cm³/mol. The Morgan fingerprint density at radius 2 is 2.08 bits per heavy atom. The second-order valence-electron chi connectivity index (χ2n) is 3.07. The Hall–Kier alpha value is -1.25. The van der Waals surface area contributed by atoms with Gasteiger partial charge in [0.15, 0.2) is 0 Å². The maximum absolute atomic E-state index is 10.8. The highest BCUT2D eigenvalue weighted by atomic mass is 16.4. The summed E-state index contributed by atoms with van der Waals surface area (Å²) in [6.45, 7) is 4.00. The van der Waals surface area contributed by atoms with E-state index in [2.05, 4.69) is 0 Å². The molecule has 0 atom stereocenters. The van der Waals surface area contributed by atoms with Gasteiger partial charge in [0.25, 0.3) is 0 Å². The lowest BCUT2D eigenvalue weighted by atomic mass is 10.2. The topological polar surface area (TPSA) is 42.2 Å². The maximum Gasteiger partial charge on any atom is 0.337 e. The number of hydrogen-bond acceptors (Lipinski definition) is 1. The fraction of sp³-hybridized carbons (Fsp3) is 0.500. The van der Waals surface area contributed by atoms with Gasteiger partial charge < -0.3 is 9.67 Å². The summed E-state index contributed by atoms with van der Waals surface area (Å²) in [5, 5.41) is 8.92. The first-order valence-electron chi connectivity index (χ1n) is 4.52. The van der Waals surface area contributed by atoms with Crippen LogP contribution >= 0.6 is 0 Å². The van der Waals surface area contributed by atoms with E-state index >= 15 is 0 Å². The average molecular weight is 181 g/mol. The molecule has 1 N–H and O–H groups in total. The summed E-state index contributed by atoms with van der Waals surface area (Å²) in [6, 6.07) is 1.77. The van der Waals surface area contributed by atoms with Crippen molar-refractivity contribution in [2.24, 2.45) is 7.05 Å². The Morgan fingerprint density at radius 1 is 1.46 bits per heavy atom. The van der Waals surface area contributed by atoms with Crippen LogP contribution in [0.2, 0.25) is 0 Å². The molecular formula is C10H15NO2. The van der Waals surface area contributed by atoms with Crippen molar-refractivity contribution in [1.82, 2.24) is 4.57 Å². The van der Waals surface area contributed by atoms with Crippen molar-refractivity contribution >= 4 is 5.97 Å². The Kier molecular flexibility index (Phi) is 2.76. The molecule has 1 aromatic rings. The van der Waals surface area contributed by atoms with Crippen molar-refractivity contribution in [3.63, 3.8) is 0 Å². The fourth-order valence-corrected chi connectivity index (χ4v) is 1.65. The number of carbonyl (C=O) groups is 1. The molecule has 0 aliphatic rings. The molecule has 72 valence electrons. The molecule has 0 saturated heterocycles. The highest BCUT2D eigenvalue weighted by molar-refractivity contribution is 5.89. The smallest absolute Gasteiger partial charge is 0.337 e. The lowest BCUT2D eigenvalue weighted by Crippen LogP contribution is -2.03. The molecule has 0 bridgehead atoms. The van der Waals surface area contributed by atoms with Gasteiger partial charge in [0.1, 0.15) is 0 Å². The molecule has 0 radical (unpaired) electrons. The summed E-state index contributed by atoms with van der Waals surface area (Å²) in [5.74, 6) is -0.827. The zero-order valence-corrected chi connectivity index (χ0v) is 8.29. The normalized spacial score (nSPS) is 10.4. The van der Waals surface area contributed by atoms with Crippen molar-refractivity contribution < 1.29 is 9.90 Å². The molecule has 0 saturated carbocycles. The van der Waals surface area contributed by atoms with Crippen molar-refractivity contribution in [1.29, 1.82) is 0 Å². The Morgan fingerprint density at radius 3 is 2.38 bits per heavy atom. The van der Waals surface area contributed by atoms with Gasteiger partial charge in [0.2, 0.25) is 0 Å². The molecule has 0 aliphatic carbocycles. The number of hydrogen-bond donors (Lipinski definition) is 1. The zero-order valence-electron chi connectivity index (χ0n) is 8.29. The quantitative estimate of drug-likeness (QED) is 0.773. The minimum absolute atomic E-state index is 0.446. The standard InChI is InChI=1S/C10H15NO2/c1-4-7-6-8(10(12)13)9(5-2)11(7)3/h6H,4-5H2,1-3H3,(H,12,13). The van der Waals surface area contributed by atoms with E-state index in [1.807, 2.05) is 25.5 Å². The van der Waals surface area contributed by atoms with Crippen LogP contribution in [0.1, 0.15) is 35.6 Å². The fourth-order valence-electron chi connectivity index (χ4n) is 1.65. The largest absolute Gasteiger partial charge is 0.478 e. The van der Waals surface area contributed by atoms with Crippen LogP contribution in [0, 0.1) is 0 Å². The van der Waals surface area contributed by atoms with E-state index < -0.39 is 5.97 Å². The van der Waals surface area contributed by atoms with Gasteiger partial charge in [-0.05, 0) is 18.9 Å². The molecule has 0 aliphatic heterocycles. The van der Waals surface area contributed by atoms with E-state index in [9.17, 15) is 4.79 Å². The molecule has 0 aromatic carbocycles. The summed E-state index contributed by atoms with van der Waals surface area (Å²) in [5.41, 5.74) is 2.43. The minimum atomic E-state index is -0.827. The molecule has 0 amide bonds. The van der Waals surface area contributed by atoms with Crippen LogP contribution in [-0.2, 0) is 19.9 Å². The van der Waals surface area contributed by atoms with E-state index in [0.29, 0.717) is 5.56 Å². The predicted octanol–water partition coefficient (Wildman–Crippen LogP) is 1.85. The highest BCUT2D eigenvalue weighted by Gasteiger charge is 2.14. The third-order valence-corrected chi connectivity index (χ3v) is 2.39. The number of aryl methyl sites for hydroxylation is 1. The van der Waals surface area contributed by atoms with Crippen molar-refractivity contribution in [2.75, 3.05) is 0 Å². The number of carboxylic acid groups (broad SMARTS) is 1. The number of aromatic carboxylic acids is 1. The molecule has 1 heterocycles. The molecule has 0 spiro atoms. The highest BCUT2D eigenvalue weighted by Crippen LogP contribution is 2.16. The molecule has 3 nitrogen and oxygen atoms in total. The molecule has 0 unspecified atom stereocenters. The lowest BCUT2D eigenvalue weighted by molar-refractivity contribution is 0.0695. The molecular weight excluding hydrogens is 166 g/mol. The van der Waals surface area contributed by atoms with E-state index in [-0.39, 0.29) is 0 Å². The molecule has 1 aromatic heterocycles. The number of carboxylic acids is 1. The van der Waals surface area contributed by atoms with Crippen LogP contribution in [0.25, 0.3) is 0 Å². The first-order chi connectivity index (χ1) is 6.11. The molecule has 3 heteroatoms. The molecule has 0 fully saturated rings. The van der Waals surface area contributed by atoms with Crippen LogP contribution in [-0.4, -0.2) is 15.6 Å². The molecule has 1 rings (SSSR count). The third kappa shape index (κ3) is 1.59. The Labute approximate surface area is 78.0 Å². The maximum atomic E-state index is 10.8. The van der Waals surface area contributed by atoms with Gasteiger partial charge in [0.05, 0.1) is 5.56 Å². The van der Waals surface area contributed by atoms with Gasteiger partial charge in [-0.1, -0.05) is 13.8 Å². The first-order valence-corrected chi connectivity index (χ1v) is 4.52. The van der Waals surface area contributed by atoms with Gasteiger partial charge >= 0.3 is 5.97 Å². The average Bonchev–Trinajstić information content (AvgIpc) is 2.42. The van der Waals surface area contributed by atoms with Crippen LogP contribution in [0.3, 0.4) is 0 Å². The van der Waals surface area contributed by atoms with Gasteiger partial charge in [0, 0.05) is 18.4 Å². The Bertz CT molecular complexity index is 326. The van der Waals surface area contributed by atoms with E-state index in [4.69, 9.17) is 5.11 Å². The third-order valence-electron chi connectivity index (χ3n) is 2.39. The summed E-state index contributed by atoms with van der Waals surface area (Å²) < 4.78 is 1.98. The van der Waals surface area contributed by atoms with Gasteiger partial charge in [-0.2, -0.15) is 0 Å². The summed E-state index contributed by atoms with van der Waals surface area (Å²) in [4.78, 5) is 10.8. The second kappa shape index (κ2) is 3.64. The number of nitrogens with zero attached hydrogens (tertiary/aromatic N) is 1. The van der Waals surface area contributed by atoms with Crippen molar-refractivity contribution in [3.8, 4) is 0 Å². The van der Waals surface area contributed by atoms with Crippen LogP contribution in [0.5, 0.6) is 0 Å². The zero-order chi connectivity index (χ0) is 10.0. The first kappa shape index (κ1) is 9.84. The van der Waals surface area contributed by atoms with Gasteiger partial charge in [-0.15, -0.1) is 0 Å².